The van der Waals surface area contributed by atoms with Crippen LogP contribution in [0.1, 0.15) is 25.3 Å². The minimum atomic E-state index is -1.67. The molecule has 0 spiro atoms. The van der Waals surface area contributed by atoms with Crippen LogP contribution in [-0.4, -0.2) is 11.1 Å². The van der Waals surface area contributed by atoms with E-state index in [0.717, 1.165) is 0 Å². The van der Waals surface area contributed by atoms with Crippen LogP contribution in [-0.2, 0) is 10.5 Å². The first kappa shape index (κ1) is 10.1. The Morgan fingerprint density at radius 3 is 2.47 bits per heavy atom. The van der Waals surface area contributed by atoms with Gasteiger partial charge in [0.15, 0.2) is 5.67 Å². The average molecular weight is 208 g/mol. The molecule has 0 heterocycles. The third-order valence-corrected chi connectivity index (χ3v) is 3.42. The summed E-state index contributed by atoms with van der Waals surface area (Å²) < 4.78 is 14.4. The topological polar surface area (TPSA) is 37.3 Å². The summed E-state index contributed by atoms with van der Waals surface area (Å²) in [5, 5.41) is 9.06. The Morgan fingerprint density at radius 2 is 2.07 bits per heavy atom. The third kappa shape index (κ3) is 1.19. The summed E-state index contributed by atoms with van der Waals surface area (Å²) in [7, 11) is 0. The summed E-state index contributed by atoms with van der Waals surface area (Å²) >= 11 is 0. The van der Waals surface area contributed by atoms with Crippen molar-refractivity contribution in [2.45, 2.75) is 25.4 Å². The SMILES string of the molecule is CCC1(C(=O)O)CC1(F)c1ccccc1. The summed E-state index contributed by atoms with van der Waals surface area (Å²) in [6, 6.07) is 8.57. The van der Waals surface area contributed by atoms with E-state index in [1.165, 1.54) is 0 Å². The second-order valence-corrected chi connectivity index (χ2v) is 4.08. The molecule has 1 aromatic carbocycles. The van der Waals surface area contributed by atoms with E-state index in [0.29, 0.717) is 12.0 Å². The Hall–Kier alpha value is -1.38. The lowest BCUT2D eigenvalue weighted by Crippen LogP contribution is -2.22. The Kier molecular flexibility index (Phi) is 2.07. The summed E-state index contributed by atoms with van der Waals surface area (Å²) in [6.07, 6.45) is 0.420. The van der Waals surface area contributed by atoms with Crippen LogP contribution in [0.4, 0.5) is 4.39 Å². The minimum Gasteiger partial charge on any atom is -0.481 e. The van der Waals surface area contributed by atoms with Gasteiger partial charge in [-0.25, -0.2) is 4.39 Å². The van der Waals surface area contributed by atoms with Gasteiger partial charge < -0.3 is 5.11 Å². The molecular weight excluding hydrogens is 195 g/mol. The van der Waals surface area contributed by atoms with Crippen LogP contribution in [0.5, 0.6) is 0 Å². The van der Waals surface area contributed by atoms with Crippen molar-refractivity contribution in [1.82, 2.24) is 0 Å². The largest absolute Gasteiger partial charge is 0.481 e. The number of hydrogen-bond donors (Lipinski definition) is 1. The second-order valence-electron chi connectivity index (χ2n) is 4.08. The summed E-state index contributed by atoms with van der Waals surface area (Å²) in [5.41, 5.74) is -2.39. The van der Waals surface area contributed by atoms with E-state index >= 15 is 0 Å². The summed E-state index contributed by atoms with van der Waals surface area (Å²) in [5.74, 6) is -1.03. The third-order valence-electron chi connectivity index (χ3n) is 3.42. The molecule has 2 atom stereocenters. The average Bonchev–Trinajstić information content (AvgIpc) is 2.89. The summed E-state index contributed by atoms with van der Waals surface area (Å²) in [4.78, 5) is 11.1. The van der Waals surface area contributed by atoms with E-state index in [1.54, 1.807) is 37.3 Å². The van der Waals surface area contributed by atoms with E-state index in [9.17, 15) is 9.18 Å². The molecule has 1 aliphatic carbocycles. The highest BCUT2D eigenvalue weighted by molar-refractivity contribution is 5.81. The molecule has 2 nitrogen and oxygen atoms in total. The van der Waals surface area contributed by atoms with Gasteiger partial charge in [-0.3, -0.25) is 4.79 Å². The Balaban J connectivity index is 2.37. The molecule has 0 aromatic heterocycles. The lowest BCUT2D eigenvalue weighted by Gasteiger charge is -2.14. The first-order chi connectivity index (χ1) is 7.07. The number of aliphatic carboxylic acids is 1. The smallest absolute Gasteiger partial charge is 0.313 e. The zero-order chi connectivity index (χ0) is 11.1. The monoisotopic (exact) mass is 208 g/mol. The molecule has 0 amide bonds. The quantitative estimate of drug-likeness (QED) is 0.829. The minimum absolute atomic E-state index is 0.0931. The first-order valence-electron chi connectivity index (χ1n) is 5.05. The van der Waals surface area contributed by atoms with E-state index in [1.807, 2.05) is 0 Å². The van der Waals surface area contributed by atoms with Crippen molar-refractivity contribution in [1.29, 1.82) is 0 Å². The van der Waals surface area contributed by atoms with Crippen LogP contribution in [0, 0.1) is 5.41 Å². The molecule has 1 fully saturated rings. The van der Waals surface area contributed by atoms with Crippen LogP contribution in [0.2, 0.25) is 0 Å². The molecule has 0 saturated heterocycles. The molecule has 2 unspecified atom stereocenters. The van der Waals surface area contributed by atoms with Crippen molar-refractivity contribution >= 4 is 5.97 Å². The standard InChI is InChI=1S/C12H13FO2/c1-2-11(10(14)15)8-12(11,13)9-6-4-3-5-7-9/h3-7H,2,8H2,1H3,(H,14,15). The zero-order valence-electron chi connectivity index (χ0n) is 8.53. The molecule has 1 saturated carbocycles. The highest BCUT2D eigenvalue weighted by Crippen LogP contribution is 2.67. The molecule has 1 N–H and O–H groups in total. The number of benzene rings is 1. The predicted octanol–water partition coefficient (Wildman–Crippen LogP) is 2.74. The fourth-order valence-corrected chi connectivity index (χ4v) is 2.25. The Morgan fingerprint density at radius 1 is 1.47 bits per heavy atom. The molecular formula is C12H13FO2. The van der Waals surface area contributed by atoms with Crippen molar-refractivity contribution < 1.29 is 14.3 Å². The number of carbonyl (C=O) groups is 1. The fourth-order valence-electron chi connectivity index (χ4n) is 2.25. The van der Waals surface area contributed by atoms with Gasteiger partial charge in [0.2, 0.25) is 0 Å². The van der Waals surface area contributed by atoms with Gasteiger partial charge in [-0.15, -0.1) is 0 Å². The van der Waals surface area contributed by atoms with Crippen LogP contribution in [0.3, 0.4) is 0 Å². The molecule has 3 heteroatoms. The van der Waals surface area contributed by atoms with Crippen LogP contribution in [0.25, 0.3) is 0 Å². The van der Waals surface area contributed by atoms with Gasteiger partial charge in [-0.1, -0.05) is 37.3 Å². The molecule has 1 aliphatic rings. The van der Waals surface area contributed by atoms with E-state index < -0.39 is 17.1 Å². The van der Waals surface area contributed by atoms with Crippen LogP contribution >= 0.6 is 0 Å². The molecule has 0 aliphatic heterocycles. The highest BCUT2D eigenvalue weighted by atomic mass is 19.1. The highest BCUT2D eigenvalue weighted by Gasteiger charge is 2.73. The Labute approximate surface area is 87.7 Å². The van der Waals surface area contributed by atoms with E-state index in [-0.39, 0.29) is 6.42 Å². The summed E-state index contributed by atoms with van der Waals surface area (Å²) in [6.45, 7) is 1.72. The lowest BCUT2D eigenvalue weighted by atomic mass is 9.94. The van der Waals surface area contributed by atoms with Crippen molar-refractivity contribution in [2.24, 2.45) is 5.41 Å². The zero-order valence-corrected chi connectivity index (χ0v) is 8.53. The number of hydrogen-bond acceptors (Lipinski definition) is 1. The van der Waals surface area contributed by atoms with Gasteiger partial charge in [-0.2, -0.15) is 0 Å². The fraction of sp³-hybridized carbons (Fsp3) is 0.417. The molecule has 80 valence electrons. The molecule has 15 heavy (non-hydrogen) atoms. The maximum absolute atomic E-state index is 14.4. The first-order valence-corrected chi connectivity index (χ1v) is 5.05. The number of carboxylic acid groups (broad SMARTS) is 1. The number of rotatable bonds is 3. The van der Waals surface area contributed by atoms with Gasteiger partial charge in [0, 0.05) is 6.42 Å². The molecule has 0 radical (unpaired) electrons. The van der Waals surface area contributed by atoms with Crippen molar-refractivity contribution in [3.63, 3.8) is 0 Å². The lowest BCUT2D eigenvalue weighted by molar-refractivity contribution is -0.145. The van der Waals surface area contributed by atoms with E-state index in [4.69, 9.17) is 5.11 Å². The van der Waals surface area contributed by atoms with Gasteiger partial charge in [0.1, 0.15) is 5.41 Å². The Bertz CT molecular complexity index is 390. The van der Waals surface area contributed by atoms with Crippen molar-refractivity contribution in [3.05, 3.63) is 35.9 Å². The molecule has 0 bridgehead atoms. The molecule has 1 aromatic rings. The van der Waals surface area contributed by atoms with Crippen molar-refractivity contribution in [2.75, 3.05) is 0 Å². The van der Waals surface area contributed by atoms with Gasteiger partial charge in [0.05, 0.1) is 0 Å². The van der Waals surface area contributed by atoms with Gasteiger partial charge in [0.25, 0.3) is 0 Å². The second kappa shape index (κ2) is 3.05. The number of halogens is 1. The number of carboxylic acids is 1. The molecule has 2 rings (SSSR count). The van der Waals surface area contributed by atoms with Crippen LogP contribution in [0.15, 0.2) is 30.3 Å². The van der Waals surface area contributed by atoms with Gasteiger partial charge >= 0.3 is 5.97 Å². The predicted molar refractivity (Wildman–Crippen MR) is 54.2 cm³/mol. The maximum atomic E-state index is 14.4. The van der Waals surface area contributed by atoms with Crippen molar-refractivity contribution in [3.8, 4) is 0 Å². The van der Waals surface area contributed by atoms with Gasteiger partial charge in [-0.05, 0) is 12.0 Å². The number of alkyl halides is 1. The van der Waals surface area contributed by atoms with Crippen LogP contribution < -0.4 is 0 Å². The van der Waals surface area contributed by atoms with E-state index in [2.05, 4.69) is 0 Å². The maximum Gasteiger partial charge on any atom is 0.313 e. The normalized spacial score (nSPS) is 33.7.